The second-order valence-corrected chi connectivity index (χ2v) is 14.3. The van der Waals surface area contributed by atoms with E-state index in [1.54, 1.807) is 12.1 Å². The van der Waals surface area contributed by atoms with Gasteiger partial charge in [0.05, 0.1) is 16.1 Å². The van der Waals surface area contributed by atoms with Crippen LogP contribution in [0.15, 0.2) is 24.8 Å². The van der Waals surface area contributed by atoms with Crippen LogP contribution in [0.3, 0.4) is 0 Å². The van der Waals surface area contributed by atoms with Crippen LogP contribution < -0.4 is 9.46 Å². The van der Waals surface area contributed by atoms with Crippen molar-refractivity contribution in [2.45, 2.75) is 70.8 Å². The third-order valence-corrected chi connectivity index (χ3v) is 8.75. The van der Waals surface area contributed by atoms with Crippen LogP contribution in [0.25, 0.3) is 0 Å². The summed E-state index contributed by atoms with van der Waals surface area (Å²) >= 11 is 11.4. The molecule has 0 spiro atoms. The van der Waals surface area contributed by atoms with E-state index in [9.17, 15) is 9.35 Å². The Morgan fingerprint density at radius 3 is 2.29 bits per heavy atom. The first-order valence-electron chi connectivity index (χ1n) is 12.1. The number of carbonyl (C=O) groups excluding carboxylic acids is 1. The number of hydrogen-bond donors (Lipinski definition) is 1. The first-order valence-corrected chi connectivity index (χ1v) is 14.0. The number of nitrogens with one attached hydrogen (secondary N) is 1. The minimum absolute atomic E-state index is 0.195. The fourth-order valence-corrected chi connectivity index (χ4v) is 6.09. The summed E-state index contributed by atoms with van der Waals surface area (Å²) in [5.41, 5.74) is 0.326. The largest absolute Gasteiger partial charge is 0.598 e. The maximum absolute atomic E-state index is 13.2. The molecular weight excluding hydrogens is 507 g/mol. The highest BCUT2D eigenvalue weighted by atomic mass is 35.5. The van der Waals surface area contributed by atoms with Crippen molar-refractivity contribution in [2.75, 3.05) is 19.7 Å². The average molecular weight is 546 g/mol. The van der Waals surface area contributed by atoms with E-state index in [0.29, 0.717) is 47.3 Å². The van der Waals surface area contributed by atoms with Gasteiger partial charge in [-0.3, -0.25) is 0 Å². The lowest BCUT2D eigenvalue weighted by Crippen LogP contribution is -2.43. The van der Waals surface area contributed by atoms with Crippen LogP contribution >= 0.6 is 23.2 Å². The molecule has 1 aliphatic heterocycles. The highest BCUT2D eigenvalue weighted by Crippen LogP contribution is 2.49. The SMILES string of the molecule is C=CCOc1cc(Cl)c(Cl)cc1C(N[S+]([O-])C(C)(C)C)[C@@H]1C[C@@H]2CN(C(=O)OC(C)(C)C)C[C@@H]2C1. The molecular formula is C26H38Cl2N2O4S. The van der Waals surface area contributed by atoms with E-state index < -0.39 is 21.7 Å². The van der Waals surface area contributed by atoms with Crippen LogP contribution in [0.2, 0.25) is 10.0 Å². The summed E-state index contributed by atoms with van der Waals surface area (Å²) in [7, 11) is 0. The van der Waals surface area contributed by atoms with Gasteiger partial charge in [0.15, 0.2) is 0 Å². The predicted octanol–water partition coefficient (Wildman–Crippen LogP) is 6.54. The van der Waals surface area contributed by atoms with E-state index in [4.69, 9.17) is 32.7 Å². The second kappa shape index (κ2) is 11.1. The zero-order valence-corrected chi connectivity index (χ0v) is 23.9. The molecule has 2 aliphatic rings. The molecule has 2 fully saturated rings. The molecule has 1 aromatic rings. The molecule has 1 aliphatic carbocycles. The van der Waals surface area contributed by atoms with Crippen molar-refractivity contribution in [1.29, 1.82) is 0 Å². The molecule has 0 radical (unpaired) electrons. The van der Waals surface area contributed by atoms with Crippen molar-refractivity contribution < 1.29 is 18.8 Å². The number of rotatable bonds is 7. The molecule has 196 valence electrons. The normalized spacial score (nSPS) is 24.1. The number of benzene rings is 1. The summed E-state index contributed by atoms with van der Waals surface area (Å²) in [6.45, 7) is 16.9. The number of nitrogens with zero attached hydrogens (tertiary/aromatic N) is 1. The van der Waals surface area contributed by atoms with Crippen LogP contribution in [0.4, 0.5) is 4.79 Å². The van der Waals surface area contributed by atoms with Gasteiger partial charge >= 0.3 is 6.09 Å². The predicted molar refractivity (Wildman–Crippen MR) is 143 cm³/mol. The first-order chi connectivity index (χ1) is 16.2. The van der Waals surface area contributed by atoms with Crippen molar-refractivity contribution in [1.82, 2.24) is 9.62 Å². The third kappa shape index (κ3) is 7.22. The molecule has 1 saturated carbocycles. The third-order valence-electron chi connectivity index (χ3n) is 6.45. The van der Waals surface area contributed by atoms with Crippen LogP contribution in [0, 0.1) is 17.8 Å². The summed E-state index contributed by atoms with van der Waals surface area (Å²) in [6.07, 6.45) is 3.21. The Labute approximate surface area is 223 Å². The molecule has 1 aromatic carbocycles. The van der Waals surface area contributed by atoms with Crippen molar-refractivity contribution in [3.63, 3.8) is 0 Å². The molecule has 6 nitrogen and oxygen atoms in total. The van der Waals surface area contributed by atoms with Crippen LogP contribution in [-0.4, -0.2) is 45.6 Å². The first kappa shape index (κ1) is 28.5. The Balaban J connectivity index is 1.85. The van der Waals surface area contributed by atoms with Gasteiger partial charge in [0.25, 0.3) is 0 Å². The number of likely N-dealkylation sites (tertiary alicyclic amines) is 1. The van der Waals surface area contributed by atoms with Crippen molar-refractivity contribution in [2.24, 2.45) is 17.8 Å². The number of fused-ring (bicyclic) bond motifs is 1. The highest BCUT2D eigenvalue weighted by molar-refractivity contribution is 7.90. The topological polar surface area (TPSA) is 73.9 Å². The summed E-state index contributed by atoms with van der Waals surface area (Å²) < 4.78 is 27.7. The molecule has 5 atom stereocenters. The highest BCUT2D eigenvalue weighted by Gasteiger charge is 2.47. The second-order valence-electron chi connectivity index (χ2n) is 11.5. The maximum atomic E-state index is 13.2. The lowest BCUT2D eigenvalue weighted by atomic mass is 9.90. The molecule has 9 heteroatoms. The van der Waals surface area contributed by atoms with Crippen molar-refractivity contribution >= 4 is 40.7 Å². The number of hydrogen-bond acceptors (Lipinski definition) is 5. The standard InChI is InChI=1S/C26H38Cl2N2O4S/c1-8-9-33-22-13-21(28)20(27)12-19(22)23(29-35(32)26(5,6)7)16-10-17-14-30(15-18(17)11-16)24(31)34-25(2,3)4/h8,12-13,16-18,23,29H,1,9-11,14-15H2,2-7H3/t16-,17-,18+,23?,35?. The quantitative estimate of drug-likeness (QED) is 0.311. The van der Waals surface area contributed by atoms with E-state index in [-0.39, 0.29) is 18.1 Å². The molecule has 1 heterocycles. The minimum atomic E-state index is -1.31. The Morgan fingerprint density at radius 1 is 1.20 bits per heavy atom. The number of carbonyl (C=O) groups is 1. The van der Waals surface area contributed by atoms with E-state index in [1.807, 2.05) is 52.5 Å². The van der Waals surface area contributed by atoms with Gasteiger partial charge in [-0.1, -0.05) is 35.9 Å². The Kier molecular flexibility index (Phi) is 9.02. The molecule has 1 saturated heterocycles. The molecule has 2 unspecified atom stereocenters. The zero-order chi connectivity index (χ0) is 26.1. The zero-order valence-electron chi connectivity index (χ0n) is 21.5. The summed E-state index contributed by atoms with van der Waals surface area (Å²) in [5, 5.41) is 0.830. The Morgan fingerprint density at radius 2 is 1.77 bits per heavy atom. The van der Waals surface area contributed by atoms with E-state index in [1.165, 1.54) is 0 Å². The van der Waals surface area contributed by atoms with Gasteiger partial charge < -0.3 is 18.9 Å². The number of ether oxygens (including phenoxy) is 2. The van der Waals surface area contributed by atoms with Gasteiger partial charge in [0.1, 0.15) is 22.7 Å². The Bertz CT molecular complexity index is 917. The average Bonchev–Trinajstić information content (AvgIpc) is 3.30. The summed E-state index contributed by atoms with van der Waals surface area (Å²) in [4.78, 5) is 14.4. The smallest absolute Gasteiger partial charge is 0.410 e. The van der Waals surface area contributed by atoms with Gasteiger partial charge in [-0.25, -0.2) is 4.79 Å². The fraction of sp³-hybridized carbons (Fsp3) is 0.654. The number of halogens is 2. The van der Waals surface area contributed by atoms with Gasteiger partial charge in [0, 0.05) is 36.1 Å². The summed E-state index contributed by atoms with van der Waals surface area (Å²) in [6, 6.07) is 3.29. The summed E-state index contributed by atoms with van der Waals surface area (Å²) in [5.74, 6) is 1.52. The lowest BCUT2D eigenvalue weighted by molar-refractivity contribution is 0.0277. The monoisotopic (exact) mass is 544 g/mol. The van der Waals surface area contributed by atoms with Gasteiger partial charge in [-0.05, 0) is 78.2 Å². The molecule has 1 amide bonds. The molecule has 1 N–H and O–H groups in total. The van der Waals surface area contributed by atoms with Crippen LogP contribution in [-0.2, 0) is 16.1 Å². The fourth-order valence-electron chi connectivity index (χ4n) is 4.86. The molecule has 0 bridgehead atoms. The lowest BCUT2D eigenvalue weighted by Gasteiger charge is -2.32. The van der Waals surface area contributed by atoms with Crippen LogP contribution in [0.5, 0.6) is 5.75 Å². The minimum Gasteiger partial charge on any atom is -0.598 e. The van der Waals surface area contributed by atoms with E-state index >= 15 is 0 Å². The molecule has 35 heavy (non-hydrogen) atoms. The molecule has 3 rings (SSSR count). The number of amides is 1. The maximum Gasteiger partial charge on any atom is 0.410 e. The van der Waals surface area contributed by atoms with Crippen molar-refractivity contribution in [3.05, 3.63) is 40.4 Å². The Hall–Kier alpha value is -1.12. The van der Waals surface area contributed by atoms with Gasteiger partial charge in [-0.15, -0.1) is 4.72 Å². The van der Waals surface area contributed by atoms with Crippen LogP contribution in [0.1, 0.15) is 66.0 Å². The van der Waals surface area contributed by atoms with E-state index in [0.717, 1.165) is 18.4 Å². The van der Waals surface area contributed by atoms with Crippen molar-refractivity contribution in [3.8, 4) is 5.75 Å². The van der Waals surface area contributed by atoms with Gasteiger partial charge in [-0.2, -0.15) is 0 Å². The van der Waals surface area contributed by atoms with Gasteiger partial charge in [0.2, 0.25) is 0 Å². The van der Waals surface area contributed by atoms with E-state index in [2.05, 4.69) is 11.3 Å². The molecule has 0 aromatic heterocycles.